The third kappa shape index (κ3) is 4.86. The van der Waals surface area contributed by atoms with E-state index in [1.165, 1.54) is 0 Å². The quantitative estimate of drug-likeness (QED) is 0.445. The molecule has 1 aliphatic heterocycles. The van der Waals surface area contributed by atoms with Crippen molar-refractivity contribution in [2.75, 3.05) is 54.1 Å². The molecular formula is C28H34N2O5. The van der Waals surface area contributed by atoms with Crippen LogP contribution in [0.4, 0.5) is 0 Å². The van der Waals surface area contributed by atoms with Crippen LogP contribution in [0.3, 0.4) is 0 Å². The number of piperazine rings is 1. The summed E-state index contributed by atoms with van der Waals surface area (Å²) in [6.45, 7) is 9.68. The molecule has 1 fully saturated rings. The molecule has 1 aliphatic rings. The van der Waals surface area contributed by atoms with E-state index in [1.54, 1.807) is 26.6 Å². The number of hydrogen-bond donors (Lipinski definition) is 0. The molecule has 3 aromatic rings. The van der Waals surface area contributed by atoms with Crippen molar-refractivity contribution in [2.24, 2.45) is 0 Å². The normalized spacial score (nSPS) is 14.9. The summed E-state index contributed by atoms with van der Waals surface area (Å²) < 4.78 is 23.0. The Kier molecular flexibility index (Phi) is 7.36. The van der Waals surface area contributed by atoms with Gasteiger partial charge in [0.1, 0.15) is 11.3 Å². The van der Waals surface area contributed by atoms with E-state index in [9.17, 15) is 4.79 Å². The second-order valence-electron chi connectivity index (χ2n) is 8.86. The zero-order valence-corrected chi connectivity index (χ0v) is 21.4. The number of fused-ring (bicyclic) bond motifs is 1. The largest absolute Gasteiger partial charge is 0.493 e. The summed E-state index contributed by atoms with van der Waals surface area (Å²) in [5.74, 6) is 2.09. The number of aryl methyl sites for hydroxylation is 1. The van der Waals surface area contributed by atoms with Gasteiger partial charge < -0.3 is 28.4 Å². The third-order valence-corrected chi connectivity index (χ3v) is 6.61. The summed E-state index contributed by atoms with van der Waals surface area (Å²) >= 11 is 0. The highest BCUT2D eigenvalue weighted by Gasteiger charge is 2.22. The van der Waals surface area contributed by atoms with Gasteiger partial charge in [0, 0.05) is 54.3 Å². The zero-order valence-electron chi connectivity index (χ0n) is 21.4. The smallest absolute Gasteiger partial charge is 0.246 e. The van der Waals surface area contributed by atoms with Crippen molar-refractivity contribution in [2.45, 2.75) is 20.8 Å². The lowest BCUT2D eigenvalue weighted by Gasteiger charge is -2.31. The lowest BCUT2D eigenvalue weighted by molar-refractivity contribution is -0.127. The maximum atomic E-state index is 13.0. The van der Waals surface area contributed by atoms with E-state index in [2.05, 4.69) is 18.0 Å². The Morgan fingerprint density at radius 3 is 2.46 bits per heavy atom. The van der Waals surface area contributed by atoms with Gasteiger partial charge in [-0.05, 0) is 57.2 Å². The summed E-state index contributed by atoms with van der Waals surface area (Å²) in [5, 5.41) is 0.952. The molecule has 0 bridgehead atoms. The first-order valence-corrected chi connectivity index (χ1v) is 11.9. The number of rotatable bonds is 7. The fraction of sp³-hybridized carbons (Fsp3) is 0.393. The molecule has 1 saturated heterocycles. The summed E-state index contributed by atoms with van der Waals surface area (Å²) in [6.07, 6.45) is 3.48. The zero-order chi connectivity index (χ0) is 25.1. The van der Waals surface area contributed by atoms with Crippen LogP contribution in [-0.4, -0.2) is 69.8 Å². The summed E-state index contributed by atoms with van der Waals surface area (Å²) in [5.41, 5.74) is 5.31. The summed E-state index contributed by atoms with van der Waals surface area (Å²) in [4.78, 5) is 17.2. The van der Waals surface area contributed by atoms with Crippen LogP contribution in [0.25, 0.3) is 27.7 Å². The van der Waals surface area contributed by atoms with Gasteiger partial charge >= 0.3 is 0 Å². The van der Waals surface area contributed by atoms with Crippen molar-refractivity contribution in [3.63, 3.8) is 0 Å². The molecular weight excluding hydrogens is 444 g/mol. The van der Waals surface area contributed by atoms with Crippen molar-refractivity contribution in [3.05, 3.63) is 47.7 Å². The SMILES string of the molecule is CCOc1c(/C(C)=C/C(=O)N2CCN(C)CC2)cc2c(-c3ccc(OC)c(OC)c3)coc2c1C. The summed E-state index contributed by atoms with van der Waals surface area (Å²) in [6, 6.07) is 7.87. The molecule has 186 valence electrons. The number of amides is 1. The van der Waals surface area contributed by atoms with E-state index < -0.39 is 0 Å². The highest BCUT2D eigenvalue weighted by molar-refractivity contribution is 6.02. The molecule has 0 radical (unpaired) electrons. The van der Waals surface area contributed by atoms with Crippen molar-refractivity contribution in [1.29, 1.82) is 0 Å². The van der Waals surface area contributed by atoms with Crippen molar-refractivity contribution < 1.29 is 23.4 Å². The van der Waals surface area contributed by atoms with Gasteiger partial charge in [-0.3, -0.25) is 4.79 Å². The fourth-order valence-corrected chi connectivity index (χ4v) is 4.55. The molecule has 0 saturated carbocycles. The number of methoxy groups -OCH3 is 2. The molecule has 0 spiro atoms. The first-order chi connectivity index (χ1) is 16.9. The Morgan fingerprint density at radius 1 is 1.09 bits per heavy atom. The number of carbonyl (C=O) groups is 1. The number of nitrogens with zero attached hydrogens (tertiary/aromatic N) is 2. The predicted molar refractivity (Wildman–Crippen MR) is 138 cm³/mol. The monoisotopic (exact) mass is 478 g/mol. The van der Waals surface area contributed by atoms with Crippen LogP contribution in [0, 0.1) is 6.92 Å². The molecule has 2 aromatic carbocycles. The van der Waals surface area contributed by atoms with Gasteiger partial charge in [-0.15, -0.1) is 0 Å². The number of carbonyl (C=O) groups excluding carboxylic acids is 1. The minimum absolute atomic E-state index is 0.0307. The minimum Gasteiger partial charge on any atom is -0.493 e. The fourth-order valence-electron chi connectivity index (χ4n) is 4.55. The lowest BCUT2D eigenvalue weighted by Crippen LogP contribution is -2.46. The number of furan rings is 1. The highest BCUT2D eigenvalue weighted by Crippen LogP contribution is 2.42. The molecule has 7 nitrogen and oxygen atoms in total. The molecule has 1 amide bonds. The summed E-state index contributed by atoms with van der Waals surface area (Å²) in [7, 11) is 5.32. The maximum absolute atomic E-state index is 13.0. The molecule has 0 N–H and O–H groups in total. The first-order valence-electron chi connectivity index (χ1n) is 11.9. The Labute approximate surface area is 206 Å². The van der Waals surface area contributed by atoms with Gasteiger partial charge in [-0.1, -0.05) is 6.07 Å². The maximum Gasteiger partial charge on any atom is 0.246 e. The van der Waals surface area contributed by atoms with Crippen LogP contribution in [0.15, 0.2) is 41.0 Å². The number of benzene rings is 2. The lowest BCUT2D eigenvalue weighted by atomic mass is 9.96. The molecule has 0 atom stereocenters. The molecule has 35 heavy (non-hydrogen) atoms. The molecule has 7 heteroatoms. The molecule has 0 aliphatic carbocycles. The average Bonchev–Trinajstić information content (AvgIpc) is 3.29. The van der Waals surface area contributed by atoms with E-state index in [-0.39, 0.29) is 5.91 Å². The molecule has 0 unspecified atom stereocenters. The van der Waals surface area contributed by atoms with Gasteiger partial charge in [-0.25, -0.2) is 0 Å². The van der Waals surface area contributed by atoms with Gasteiger partial charge in [0.15, 0.2) is 11.5 Å². The van der Waals surface area contributed by atoms with Crippen LogP contribution >= 0.6 is 0 Å². The second kappa shape index (κ2) is 10.4. The Balaban J connectivity index is 1.79. The average molecular weight is 479 g/mol. The Morgan fingerprint density at radius 2 is 1.80 bits per heavy atom. The Bertz CT molecular complexity index is 1250. The topological polar surface area (TPSA) is 64.4 Å². The first kappa shape index (κ1) is 24.7. The van der Waals surface area contributed by atoms with Crippen LogP contribution < -0.4 is 14.2 Å². The predicted octanol–water partition coefficient (Wildman–Crippen LogP) is 5.00. The standard InChI is InChI=1S/C28H34N2O5/c1-7-34-27-19(3)28-22(23(17-35-28)20-8-9-24(32-5)25(15-20)33-6)16-21(27)18(2)14-26(31)30-12-10-29(4)11-13-30/h8-9,14-17H,7,10-13H2,1-6H3/b18-14+. The van der Waals surface area contributed by atoms with Crippen molar-refractivity contribution in [3.8, 4) is 28.4 Å². The highest BCUT2D eigenvalue weighted by atomic mass is 16.5. The van der Waals surface area contributed by atoms with E-state index >= 15 is 0 Å². The number of allylic oxidation sites excluding steroid dienone is 1. The van der Waals surface area contributed by atoms with Gasteiger partial charge in [0.2, 0.25) is 5.91 Å². The van der Waals surface area contributed by atoms with E-state index in [4.69, 9.17) is 18.6 Å². The van der Waals surface area contributed by atoms with E-state index in [1.807, 2.05) is 43.9 Å². The molecule has 4 rings (SSSR count). The minimum atomic E-state index is 0.0307. The number of likely N-dealkylation sites (N-methyl/N-ethyl adjacent to an activating group) is 1. The molecule has 2 heterocycles. The van der Waals surface area contributed by atoms with Crippen LogP contribution in [-0.2, 0) is 4.79 Å². The van der Waals surface area contributed by atoms with Crippen molar-refractivity contribution in [1.82, 2.24) is 9.80 Å². The second-order valence-corrected chi connectivity index (χ2v) is 8.86. The van der Waals surface area contributed by atoms with Gasteiger partial charge in [0.05, 0.1) is 27.1 Å². The van der Waals surface area contributed by atoms with Crippen LogP contribution in [0.2, 0.25) is 0 Å². The van der Waals surface area contributed by atoms with Crippen molar-refractivity contribution >= 4 is 22.4 Å². The van der Waals surface area contributed by atoms with Crippen LogP contribution in [0.5, 0.6) is 17.2 Å². The van der Waals surface area contributed by atoms with Gasteiger partial charge in [-0.2, -0.15) is 0 Å². The van der Waals surface area contributed by atoms with E-state index in [0.29, 0.717) is 18.1 Å². The third-order valence-electron chi connectivity index (χ3n) is 6.61. The van der Waals surface area contributed by atoms with E-state index in [0.717, 1.165) is 70.7 Å². The molecule has 1 aromatic heterocycles. The number of ether oxygens (including phenoxy) is 3. The number of hydrogen-bond acceptors (Lipinski definition) is 6. The Hall–Kier alpha value is -3.45. The van der Waals surface area contributed by atoms with Crippen LogP contribution in [0.1, 0.15) is 25.0 Å². The van der Waals surface area contributed by atoms with Gasteiger partial charge in [0.25, 0.3) is 0 Å².